The van der Waals surface area contributed by atoms with E-state index < -0.39 is 34.4 Å². The zero-order valence-electron chi connectivity index (χ0n) is 13.5. The first-order valence-electron chi connectivity index (χ1n) is 7.62. The summed E-state index contributed by atoms with van der Waals surface area (Å²) in [5.41, 5.74) is 3.46. The second-order valence-corrected chi connectivity index (χ2v) is 5.33. The standard InChI is InChI=1S/C17H18N2O6/c1-2-3-7-25-10-6-4-5-9(8-10)11-12(16(21)22)14(18)19-15(20)13(11)17(23)24/h4-6,8H,2-3,7H2,1H3,(H,21,22)(H,23,24)(H3,18,19,20). The lowest BCUT2D eigenvalue weighted by Crippen LogP contribution is -2.24. The molecule has 0 aliphatic rings. The summed E-state index contributed by atoms with van der Waals surface area (Å²) < 4.78 is 5.56. The molecule has 0 saturated heterocycles. The molecule has 0 spiro atoms. The van der Waals surface area contributed by atoms with Gasteiger partial charge in [-0.25, -0.2) is 9.59 Å². The Morgan fingerprint density at radius 1 is 1.20 bits per heavy atom. The topological polar surface area (TPSA) is 143 Å². The first kappa shape index (κ1) is 18.1. The minimum Gasteiger partial charge on any atom is -0.494 e. The van der Waals surface area contributed by atoms with Crippen molar-refractivity contribution in [2.24, 2.45) is 0 Å². The largest absolute Gasteiger partial charge is 0.494 e. The minimum atomic E-state index is -1.55. The maximum Gasteiger partial charge on any atom is 0.342 e. The number of ether oxygens (including phenoxy) is 1. The summed E-state index contributed by atoms with van der Waals surface area (Å²) >= 11 is 0. The molecule has 2 aromatic rings. The number of carboxylic acids is 2. The molecule has 2 rings (SSSR count). The van der Waals surface area contributed by atoms with Gasteiger partial charge in [0, 0.05) is 5.56 Å². The molecule has 132 valence electrons. The van der Waals surface area contributed by atoms with Gasteiger partial charge in [-0.2, -0.15) is 0 Å². The van der Waals surface area contributed by atoms with E-state index in [2.05, 4.69) is 4.98 Å². The van der Waals surface area contributed by atoms with E-state index in [4.69, 9.17) is 10.5 Å². The lowest BCUT2D eigenvalue weighted by atomic mass is 9.95. The van der Waals surface area contributed by atoms with Gasteiger partial charge >= 0.3 is 11.9 Å². The summed E-state index contributed by atoms with van der Waals surface area (Å²) in [5.74, 6) is -2.95. The molecule has 0 saturated carbocycles. The van der Waals surface area contributed by atoms with Crippen molar-refractivity contribution in [3.63, 3.8) is 0 Å². The Bertz CT molecular complexity index is 872. The Morgan fingerprint density at radius 2 is 1.88 bits per heavy atom. The van der Waals surface area contributed by atoms with E-state index in [0.717, 1.165) is 12.8 Å². The number of aromatic nitrogens is 1. The Hall–Kier alpha value is -3.29. The van der Waals surface area contributed by atoms with Crippen LogP contribution >= 0.6 is 0 Å². The Balaban J connectivity index is 2.69. The number of hydrogen-bond acceptors (Lipinski definition) is 5. The molecule has 0 bridgehead atoms. The number of benzene rings is 1. The van der Waals surface area contributed by atoms with E-state index >= 15 is 0 Å². The minimum absolute atomic E-state index is 0.224. The number of nitrogen functional groups attached to an aromatic ring is 1. The molecule has 8 heteroatoms. The third kappa shape index (κ3) is 3.79. The van der Waals surface area contributed by atoms with Gasteiger partial charge in [0.2, 0.25) is 0 Å². The van der Waals surface area contributed by atoms with Crippen molar-refractivity contribution in [2.45, 2.75) is 19.8 Å². The fraction of sp³-hybridized carbons (Fsp3) is 0.235. The van der Waals surface area contributed by atoms with Gasteiger partial charge in [-0.15, -0.1) is 0 Å². The molecule has 0 fully saturated rings. The molecule has 0 atom stereocenters. The number of nitrogens with two attached hydrogens (primary N) is 1. The number of aromatic amines is 1. The fourth-order valence-electron chi connectivity index (χ4n) is 2.41. The van der Waals surface area contributed by atoms with E-state index in [-0.39, 0.29) is 11.1 Å². The normalized spacial score (nSPS) is 10.4. The third-order valence-corrected chi connectivity index (χ3v) is 3.56. The quantitative estimate of drug-likeness (QED) is 0.563. The van der Waals surface area contributed by atoms with Crippen molar-refractivity contribution >= 4 is 17.8 Å². The molecule has 1 aromatic carbocycles. The number of pyridine rings is 1. The lowest BCUT2D eigenvalue weighted by molar-refractivity contribution is 0.0695. The molecule has 1 aromatic heterocycles. The van der Waals surface area contributed by atoms with E-state index in [1.807, 2.05) is 6.92 Å². The Labute approximate surface area is 142 Å². The summed E-state index contributed by atoms with van der Waals surface area (Å²) in [4.78, 5) is 37.2. The summed E-state index contributed by atoms with van der Waals surface area (Å²) in [6, 6.07) is 6.24. The SMILES string of the molecule is CCCCOc1cccc(-c2c(C(=O)O)c(N)[nH]c(=O)c2C(=O)O)c1. The fourth-order valence-corrected chi connectivity index (χ4v) is 2.41. The van der Waals surface area contributed by atoms with E-state index in [1.54, 1.807) is 12.1 Å². The van der Waals surface area contributed by atoms with Gasteiger partial charge < -0.3 is 25.7 Å². The molecule has 0 radical (unpaired) electrons. The zero-order valence-corrected chi connectivity index (χ0v) is 13.5. The molecular weight excluding hydrogens is 328 g/mol. The van der Waals surface area contributed by atoms with E-state index in [0.29, 0.717) is 12.4 Å². The van der Waals surface area contributed by atoms with Gasteiger partial charge in [-0.05, 0) is 24.1 Å². The number of carboxylic acid groups (broad SMARTS) is 2. The van der Waals surface area contributed by atoms with E-state index in [9.17, 15) is 24.6 Å². The Morgan fingerprint density at radius 3 is 2.48 bits per heavy atom. The molecule has 0 amide bonds. The molecule has 0 aliphatic carbocycles. The monoisotopic (exact) mass is 346 g/mol. The van der Waals surface area contributed by atoms with Gasteiger partial charge in [0.25, 0.3) is 5.56 Å². The highest BCUT2D eigenvalue weighted by Crippen LogP contribution is 2.31. The summed E-state index contributed by atoms with van der Waals surface area (Å²) in [6.45, 7) is 2.48. The second-order valence-electron chi connectivity index (χ2n) is 5.33. The average molecular weight is 346 g/mol. The number of unbranched alkanes of at least 4 members (excludes halogenated alkanes) is 1. The Kier molecular flexibility index (Phi) is 5.43. The van der Waals surface area contributed by atoms with Crippen LogP contribution in [-0.4, -0.2) is 33.7 Å². The van der Waals surface area contributed by atoms with Crippen molar-refractivity contribution in [3.8, 4) is 16.9 Å². The molecule has 25 heavy (non-hydrogen) atoms. The number of carbonyl (C=O) groups is 2. The van der Waals surface area contributed by atoms with Crippen molar-refractivity contribution in [1.82, 2.24) is 4.98 Å². The molecule has 0 aliphatic heterocycles. The van der Waals surface area contributed by atoms with Crippen LogP contribution in [0, 0.1) is 0 Å². The van der Waals surface area contributed by atoms with Crippen LogP contribution < -0.4 is 16.0 Å². The van der Waals surface area contributed by atoms with Crippen LogP contribution in [0.2, 0.25) is 0 Å². The summed E-state index contributed by atoms with van der Waals surface area (Å²) in [7, 11) is 0. The van der Waals surface area contributed by atoms with Gasteiger partial charge in [0.1, 0.15) is 22.7 Å². The van der Waals surface area contributed by atoms with Crippen molar-refractivity contribution in [1.29, 1.82) is 0 Å². The number of hydrogen-bond donors (Lipinski definition) is 4. The van der Waals surface area contributed by atoms with Gasteiger partial charge in [-0.1, -0.05) is 25.5 Å². The maximum absolute atomic E-state index is 12.0. The summed E-state index contributed by atoms with van der Waals surface area (Å²) in [6.07, 6.45) is 1.78. The van der Waals surface area contributed by atoms with Crippen molar-refractivity contribution in [2.75, 3.05) is 12.3 Å². The summed E-state index contributed by atoms with van der Waals surface area (Å²) in [5, 5.41) is 18.8. The number of rotatable bonds is 7. The number of anilines is 1. The molecule has 8 nitrogen and oxygen atoms in total. The van der Waals surface area contributed by atoms with Crippen LogP contribution in [0.3, 0.4) is 0 Å². The van der Waals surface area contributed by atoms with Gasteiger partial charge in [-0.3, -0.25) is 4.79 Å². The first-order chi connectivity index (χ1) is 11.9. The first-order valence-corrected chi connectivity index (χ1v) is 7.62. The van der Waals surface area contributed by atoms with E-state index in [1.165, 1.54) is 12.1 Å². The van der Waals surface area contributed by atoms with Crippen LogP contribution in [0.15, 0.2) is 29.1 Å². The zero-order chi connectivity index (χ0) is 18.6. The highest BCUT2D eigenvalue weighted by Gasteiger charge is 2.26. The third-order valence-electron chi connectivity index (χ3n) is 3.56. The molecule has 0 unspecified atom stereocenters. The highest BCUT2D eigenvalue weighted by molar-refractivity contribution is 6.07. The lowest BCUT2D eigenvalue weighted by Gasteiger charge is -2.13. The van der Waals surface area contributed by atoms with Crippen LogP contribution in [0.4, 0.5) is 5.82 Å². The van der Waals surface area contributed by atoms with Crippen LogP contribution in [0.1, 0.15) is 40.5 Å². The smallest absolute Gasteiger partial charge is 0.342 e. The average Bonchev–Trinajstić information content (AvgIpc) is 2.53. The number of aromatic carboxylic acids is 2. The van der Waals surface area contributed by atoms with Gasteiger partial charge in [0.05, 0.1) is 6.61 Å². The maximum atomic E-state index is 12.0. The molecule has 1 heterocycles. The van der Waals surface area contributed by atoms with Crippen molar-refractivity contribution in [3.05, 3.63) is 45.7 Å². The van der Waals surface area contributed by atoms with Crippen LogP contribution in [-0.2, 0) is 0 Å². The highest BCUT2D eigenvalue weighted by atomic mass is 16.5. The molecular formula is C17H18N2O6. The number of nitrogens with one attached hydrogen (secondary N) is 1. The predicted octanol–water partition coefficient (Wildman–Crippen LogP) is 2.20. The number of H-pyrrole nitrogens is 1. The van der Waals surface area contributed by atoms with Crippen LogP contribution in [0.5, 0.6) is 5.75 Å². The predicted molar refractivity (Wildman–Crippen MR) is 91.2 cm³/mol. The van der Waals surface area contributed by atoms with Gasteiger partial charge in [0.15, 0.2) is 0 Å². The second kappa shape index (κ2) is 7.52. The van der Waals surface area contributed by atoms with Crippen LogP contribution in [0.25, 0.3) is 11.1 Å². The van der Waals surface area contributed by atoms with Crippen molar-refractivity contribution < 1.29 is 24.5 Å². The molecule has 5 N–H and O–H groups in total.